The first kappa shape index (κ1) is 20.5. The second-order valence-electron chi connectivity index (χ2n) is 7.43. The minimum Gasteiger partial charge on any atom is -0.550 e. The van der Waals surface area contributed by atoms with Crippen LogP contribution in [-0.4, -0.2) is 18.5 Å². The number of carbonyl (C=O) groups is 2. The van der Waals surface area contributed by atoms with Crippen LogP contribution in [0, 0.1) is 0 Å². The Morgan fingerprint density at radius 1 is 1.04 bits per heavy atom. The number of amides is 1. The molecule has 5 heteroatoms. The molecule has 2 aromatic rings. The third-order valence-corrected chi connectivity index (χ3v) is 4.28. The normalized spacial score (nSPS) is 12.3. The molecular formula is C22H26NO4-. The first-order chi connectivity index (χ1) is 12.7. The molecule has 1 N–H and O–H groups in total. The molecule has 2 rings (SSSR count). The van der Waals surface area contributed by atoms with Crippen molar-refractivity contribution in [1.29, 1.82) is 0 Å². The lowest BCUT2D eigenvalue weighted by molar-refractivity contribution is -0.306. The van der Waals surface area contributed by atoms with Gasteiger partial charge in [-0.05, 0) is 47.7 Å². The second-order valence-corrected chi connectivity index (χ2v) is 7.43. The van der Waals surface area contributed by atoms with Crippen LogP contribution in [0.15, 0.2) is 48.5 Å². The third-order valence-electron chi connectivity index (χ3n) is 4.28. The number of ether oxygens (including phenoxy) is 1. The zero-order valence-corrected chi connectivity index (χ0v) is 16.2. The predicted molar refractivity (Wildman–Crippen MR) is 103 cm³/mol. The molecule has 0 radical (unpaired) electrons. The van der Waals surface area contributed by atoms with Gasteiger partial charge in [-0.3, -0.25) is 4.79 Å². The van der Waals surface area contributed by atoms with E-state index in [0.29, 0.717) is 23.5 Å². The van der Waals surface area contributed by atoms with Gasteiger partial charge in [0.15, 0.2) is 0 Å². The fourth-order valence-electron chi connectivity index (χ4n) is 2.75. The molecule has 0 spiro atoms. The molecular weight excluding hydrogens is 342 g/mol. The van der Waals surface area contributed by atoms with E-state index in [1.165, 1.54) is 0 Å². The fourth-order valence-corrected chi connectivity index (χ4v) is 2.75. The Morgan fingerprint density at radius 2 is 1.63 bits per heavy atom. The lowest BCUT2D eigenvalue weighted by Gasteiger charge is -2.21. The Kier molecular flexibility index (Phi) is 6.61. The highest BCUT2D eigenvalue weighted by atomic mass is 16.5. The van der Waals surface area contributed by atoms with Crippen molar-refractivity contribution < 1.29 is 19.4 Å². The Bertz CT molecular complexity index is 773. The lowest BCUT2D eigenvalue weighted by atomic mass is 9.86. The molecule has 0 bridgehead atoms. The largest absolute Gasteiger partial charge is 0.550 e. The van der Waals surface area contributed by atoms with Crippen molar-refractivity contribution in [2.75, 3.05) is 6.61 Å². The molecule has 2 aromatic carbocycles. The van der Waals surface area contributed by atoms with E-state index in [4.69, 9.17) is 4.74 Å². The number of carboxylic acid groups (broad SMARTS) is 1. The standard InChI is InChI=1S/C22H27NO4/c1-5-27-18-12-8-15(9-13-18)19(14-20(24)25)23-21(26)16-6-10-17(11-7-16)22(2,3)4/h6-13,19H,5,14H2,1-4H3,(H,23,26)(H,24,25)/p-1. The van der Waals surface area contributed by atoms with Crippen molar-refractivity contribution in [2.45, 2.75) is 45.6 Å². The number of aliphatic carboxylic acids is 1. The van der Waals surface area contributed by atoms with Gasteiger partial charge in [-0.2, -0.15) is 0 Å². The highest BCUT2D eigenvalue weighted by molar-refractivity contribution is 5.94. The van der Waals surface area contributed by atoms with E-state index in [1.807, 2.05) is 19.1 Å². The summed E-state index contributed by atoms with van der Waals surface area (Å²) in [5.74, 6) is -0.856. The number of nitrogens with one attached hydrogen (secondary N) is 1. The van der Waals surface area contributed by atoms with Gasteiger partial charge < -0.3 is 20.0 Å². The Balaban J connectivity index is 2.17. The average molecular weight is 368 g/mol. The number of rotatable bonds is 7. The van der Waals surface area contributed by atoms with Crippen LogP contribution in [0.3, 0.4) is 0 Å². The van der Waals surface area contributed by atoms with Crippen molar-refractivity contribution in [3.8, 4) is 5.75 Å². The van der Waals surface area contributed by atoms with Gasteiger partial charge in [0, 0.05) is 18.0 Å². The van der Waals surface area contributed by atoms with E-state index in [9.17, 15) is 14.7 Å². The molecule has 1 amide bonds. The average Bonchev–Trinajstić information content (AvgIpc) is 2.61. The van der Waals surface area contributed by atoms with E-state index in [0.717, 1.165) is 5.56 Å². The zero-order valence-electron chi connectivity index (χ0n) is 16.2. The van der Waals surface area contributed by atoms with E-state index in [-0.39, 0.29) is 17.7 Å². The number of carboxylic acids is 1. The minimum absolute atomic E-state index is 0.00513. The van der Waals surface area contributed by atoms with Crippen LogP contribution in [0.5, 0.6) is 5.75 Å². The summed E-state index contributed by atoms with van der Waals surface area (Å²) in [6.45, 7) is 8.73. The van der Waals surface area contributed by atoms with Gasteiger partial charge in [0.05, 0.1) is 12.6 Å². The summed E-state index contributed by atoms with van der Waals surface area (Å²) in [5, 5.41) is 13.9. The van der Waals surface area contributed by atoms with Crippen LogP contribution in [0.25, 0.3) is 0 Å². The van der Waals surface area contributed by atoms with Crippen LogP contribution >= 0.6 is 0 Å². The highest BCUT2D eigenvalue weighted by Crippen LogP contribution is 2.23. The number of hydrogen-bond acceptors (Lipinski definition) is 4. The summed E-state index contributed by atoms with van der Waals surface area (Å²) in [6, 6.07) is 13.7. The highest BCUT2D eigenvalue weighted by Gasteiger charge is 2.18. The van der Waals surface area contributed by atoms with Crippen LogP contribution in [0.4, 0.5) is 0 Å². The van der Waals surface area contributed by atoms with Crippen LogP contribution in [0.2, 0.25) is 0 Å². The summed E-state index contributed by atoms with van der Waals surface area (Å²) in [5.41, 5.74) is 2.28. The number of carbonyl (C=O) groups excluding carboxylic acids is 2. The predicted octanol–water partition coefficient (Wildman–Crippen LogP) is 2.99. The maximum absolute atomic E-state index is 12.6. The summed E-state index contributed by atoms with van der Waals surface area (Å²) in [6.07, 6.45) is -0.306. The van der Waals surface area contributed by atoms with Gasteiger partial charge in [-0.1, -0.05) is 45.0 Å². The summed E-state index contributed by atoms with van der Waals surface area (Å²) >= 11 is 0. The van der Waals surface area contributed by atoms with Crippen LogP contribution in [0.1, 0.15) is 61.6 Å². The van der Waals surface area contributed by atoms with Crippen molar-refractivity contribution in [1.82, 2.24) is 5.32 Å². The summed E-state index contributed by atoms with van der Waals surface area (Å²) in [4.78, 5) is 23.7. The molecule has 1 unspecified atom stereocenters. The molecule has 0 aliphatic carbocycles. The molecule has 0 saturated heterocycles. The molecule has 0 fully saturated rings. The smallest absolute Gasteiger partial charge is 0.251 e. The third kappa shape index (κ3) is 5.84. The van der Waals surface area contributed by atoms with Crippen molar-refractivity contribution in [3.63, 3.8) is 0 Å². The summed E-state index contributed by atoms with van der Waals surface area (Å²) in [7, 11) is 0. The van der Waals surface area contributed by atoms with Gasteiger partial charge in [0.2, 0.25) is 0 Å². The Morgan fingerprint density at radius 3 is 2.11 bits per heavy atom. The number of benzene rings is 2. The van der Waals surface area contributed by atoms with E-state index in [2.05, 4.69) is 26.1 Å². The molecule has 5 nitrogen and oxygen atoms in total. The van der Waals surface area contributed by atoms with Crippen molar-refractivity contribution >= 4 is 11.9 Å². The van der Waals surface area contributed by atoms with Gasteiger partial charge in [0.1, 0.15) is 5.75 Å². The van der Waals surface area contributed by atoms with Crippen molar-refractivity contribution in [2.24, 2.45) is 0 Å². The van der Waals surface area contributed by atoms with Gasteiger partial charge in [-0.25, -0.2) is 0 Å². The first-order valence-electron chi connectivity index (χ1n) is 9.04. The van der Waals surface area contributed by atoms with Crippen LogP contribution < -0.4 is 15.2 Å². The lowest BCUT2D eigenvalue weighted by Crippen LogP contribution is -2.34. The maximum Gasteiger partial charge on any atom is 0.251 e. The van der Waals surface area contributed by atoms with Crippen LogP contribution in [-0.2, 0) is 10.2 Å². The van der Waals surface area contributed by atoms with Gasteiger partial charge in [-0.15, -0.1) is 0 Å². The van der Waals surface area contributed by atoms with Crippen molar-refractivity contribution in [3.05, 3.63) is 65.2 Å². The second kappa shape index (κ2) is 8.71. The van der Waals surface area contributed by atoms with Gasteiger partial charge in [0.25, 0.3) is 5.91 Å². The molecule has 0 saturated carbocycles. The van der Waals surface area contributed by atoms with E-state index >= 15 is 0 Å². The van der Waals surface area contributed by atoms with E-state index in [1.54, 1.807) is 36.4 Å². The van der Waals surface area contributed by atoms with E-state index < -0.39 is 12.0 Å². The SMILES string of the molecule is CCOc1ccc(C(CC(=O)[O-])NC(=O)c2ccc(C(C)(C)C)cc2)cc1. The Hall–Kier alpha value is -2.82. The fraction of sp³-hybridized carbons (Fsp3) is 0.364. The molecule has 0 heterocycles. The Labute approximate surface area is 160 Å². The molecule has 144 valence electrons. The number of hydrogen-bond donors (Lipinski definition) is 1. The first-order valence-corrected chi connectivity index (χ1v) is 9.04. The zero-order chi connectivity index (χ0) is 20.0. The molecule has 0 aromatic heterocycles. The molecule has 27 heavy (non-hydrogen) atoms. The summed E-state index contributed by atoms with van der Waals surface area (Å²) < 4.78 is 5.39. The maximum atomic E-state index is 12.6. The monoisotopic (exact) mass is 368 g/mol. The molecule has 0 aliphatic heterocycles. The molecule has 0 aliphatic rings. The van der Waals surface area contributed by atoms with Gasteiger partial charge >= 0.3 is 0 Å². The quantitative estimate of drug-likeness (QED) is 0.815. The minimum atomic E-state index is -1.22. The molecule has 1 atom stereocenters. The topological polar surface area (TPSA) is 78.5 Å².